The number of amides is 2. The van der Waals surface area contributed by atoms with Crippen molar-refractivity contribution >= 4 is 22.7 Å². The maximum absolute atomic E-state index is 14.1. The van der Waals surface area contributed by atoms with Crippen LogP contribution in [-0.4, -0.2) is 39.7 Å². The van der Waals surface area contributed by atoms with E-state index in [-0.39, 0.29) is 36.6 Å². The monoisotopic (exact) mass is 481 g/mol. The summed E-state index contributed by atoms with van der Waals surface area (Å²) in [5.74, 6) is -0.584. The second kappa shape index (κ2) is 8.33. The Bertz CT molecular complexity index is 1470. The highest BCUT2D eigenvalue weighted by Crippen LogP contribution is 2.48. The molecule has 1 fully saturated rings. The third-order valence-corrected chi connectivity index (χ3v) is 7.89. The van der Waals surface area contributed by atoms with Crippen LogP contribution in [0.25, 0.3) is 10.9 Å². The molecule has 1 aromatic heterocycles. The van der Waals surface area contributed by atoms with Crippen LogP contribution in [0.1, 0.15) is 47.7 Å². The average molecular weight is 482 g/mol. The number of nitrogens with one attached hydrogen (secondary N) is 1. The molecule has 6 heteroatoms. The number of hydrogen-bond acceptors (Lipinski definition) is 2. The molecule has 2 aliphatic heterocycles. The van der Waals surface area contributed by atoms with Crippen molar-refractivity contribution in [1.82, 2.24) is 14.8 Å². The average Bonchev–Trinajstić information content (AvgIpc) is 3.29. The van der Waals surface area contributed by atoms with Gasteiger partial charge in [0.05, 0.1) is 5.69 Å². The van der Waals surface area contributed by atoms with Crippen LogP contribution in [0.15, 0.2) is 72.8 Å². The van der Waals surface area contributed by atoms with Crippen LogP contribution in [0.4, 0.5) is 4.39 Å². The molecule has 0 bridgehead atoms. The number of hydrogen-bond donors (Lipinski definition) is 1. The number of aromatic amines is 1. The lowest BCUT2D eigenvalue weighted by Crippen LogP contribution is -2.67. The number of carbonyl (C=O) groups is 2. The van der Waals surface area contributed by atoms with Crippen LogP contribution in [0.5, 0.6) is 0 Å². The van der Waals surface area contributed by atoms with Gasteiger partial charge in [-0.3, -0.25) is 9.59 Å². The molecule has 1 unspecified atom stereocenters. The Hall–Kier alpha value is -3.93. The quantitative estimate of drug-likeness (QED) is 0.441. The van der Waals surface area contributed by atoms with Gasteiger partial charge in [-0.05, 0) is 53.8 Å². The Labute approximate surface area is 209 Å². The van der Waals surface area contributed by atoms with Gasteiger partial charge in [0.25, 0.3) is 5.91 Å². The van der Waals surface area contributed by atoms with Gasteiger partial charge < -0.3 is 14.8 Å². The van der Waals surface area contributed by atoms with Crippen molar-refractivity contribution in [1.29, 1.82) is 0 Å². The van der Waals surface area contributed by atoms with E-state index in [1.165, 1.54) is 17.7 Å². The Balaban J connectivity index is 1.48. The number of fused-ring (bicyclic) bond motifs is 5. The van der Waals surface area contributed by atoms with Crippen molar-refractivity contribution in [2.24, 2.45) is 0 Å². The number of carbonyl (C=O) groups excluding carboxylic acids is 2. The smallest absolute Gasteiger partial charge is 0.255 e. The summed E-state index contributed by atoms with van der Waals surface area (Å²) in [4.78, 5) is 34.6. The van der Waals surface area contributed by atoms with E-state index >= 15 is 0 Å². The summed E-state index contributed by atoms with van der Waals surface area (Å²) in [7, 11) is 0. The predicted molar refractivity (Wildman–Crippen MR) is 137 cm³/mol. The Morgan fingerprint density at radius 2 is 1.67 bits per heavy atom. The van der Waals surface area contributed by atoms with E-state index < -0.39 is 5.54 Å². The molecule has 0 aliphatic carbocycles. The number of rotatable bonds is 4. The molecule has 2 atom stereocenters. The van der Waals surface area contributed by atoms with E-state index in [0.717, 1.165) is 39.7 Å². The van der Waals surface area contributed by atoms with Gasteiger partial charge in [0.2, 0.25) is 5.91 Å². The lowest BCUT2D eigenvalue weighted by Gasteiger charge is -2.51. The molecular formula is C30H28FN3O2. The van der Waals surface area contributed by atoms with Crippen LogP contribution < -0.4 is 0 Å². The first-order valence-corrected chi connectivity index (χ1v) is 12.4. The number of piperazine rings is 1. The van der Waals surface area contributed by atoms with Gasteiger partial charge in [0, 0.05) is 29.9 Å². The third-order valence-electron chi connectivity index (χ3n) is 7.89. The summed E-state index contributed by atoms with van der Waals surface area (Å²) in [6, 6.07) is 22.8. The minimum Gasteiger partial charge on any atom is -0.356 e. The van der Waals surface area contributed by atoms with E-state index in [4.69, 9.17) is 0 Å². The molecule has 6 rings (SSSR count). The van der Waals surface area contributed by atoms with E-state index in [1.807, 2.05) is 25.1 Å². The van der Waals surface area contributed by atoms with Crippen LogP contribution in [0.2, 0.25) is 0 Å². The molecule has 2 aliphatic rings. The van der Waals surface area contributed by atoms with Gasteiger partial charge in [0.15, 0.2) is 5.54 Å². The highest BCUT2D eigenvalue weighted by Gasteiger charge is 2.56. The van der Waals surface area contributed by atoms with Crippen LogP contribution in [-0.2, 0) is 28.1 Å². The fraction of sp³-hybridized carbons (Fsp3) is 0.267. The third kappa shape index (κ3) is 3.35. The van der Waals surface area contributed by atoms with E-state index in [1.54, 1.807) is 21.9 Å². The van der Waals surface area contributed by atoms with Gasteiger partial charge in [0.1, 0.15) is 12.4 Å². The number of nitrogens with zero attached hydrogens (tertiary/aromatic N) is 2. The van der Waals surface area contributed by atoms with Crippen molar-refractivity contribution in [3.63, 3.8) is 0 Å². The topological polar surface area (TPSA) is 56.4 Å². The number of aryl methyl sites for hydroxylation is 1. The fourth-order valence-corrected chi connectivity index (χ4v) is 5.90. The first-order valence-electron chi connectivity index (χ1n) is 12.4. The zero-order valence-corrected chi connectivity index (χ0v) is 20.4. The van der Waals surface area contributed by atoms with Gasteiger partial charge in [-0.1, -0.05) is 61.5 Å². The molecule has 3 aromatic carbocycles. The van der Waals surface area contributed by atoms with Gasteiger partial charge in [-0.25, -0.2) is 4.39 Å². The second-order valence-electron chi connectivity index (χ2n) is 9.97. The van der Waals surface area contributed by atoms with E-state index in [2.05, 4.69) is 42.2 Å². The summed E-state index contributed by atoms with van der Waals surface area (Å²) >= 11 is 0. The maximum atomic E-state index is 14.1. The number of para-hydroxylation sites is 1. The molecule has 0 saturated carbocycles. The van der Waals surface area contributed by atoms with Crippen molar-refractivity contribution in [3.8, 4) is 0 Å². The number of H-pyrrole nitrogens is 1. The lowest BCUT2D eigenvalue weighted by molar-refractivity contribution is -0.166. The molecule has 0 radical (unpaired) electrons. The Morgan fingerprint density at radius 1 is 0.972 bits per heavy atom. The molecule has 36 heavy (non-hydrogen) atoms. The molecule has 2 amide bonds. The lowest BCUT2D eigenvalue weighted by atomic mass is 9.76. The molecule has 4 aromatic rings. The van der Waals surface area contributed by atoms with E-state index in [0.29, 0.717) is 6.54 Å². The zero-order valence-electron chi connectivity index (χ0n) is 20.4. The minimum atomic E-state index is -1.15. The van der Waals surface area contributed by atoms with Crippen LogP contribution in [0, 0.1) is 5.82 Å². The normalized spacial score (nSPS) is 21.6. The molecule has 3 heterocycles. The predicted octanol–water partition coefficient (Wildman–Crippen LogP) is 5.10. The summed E-state index contributed by atoms with van der Waals surface area (Å²) in [5.41, 5.74) is 4.85. The fourth-order valence-electron chi connectivity index (χ4n) is 5.90. The number of benzene rings is 3. The number of halogens is 1. The summed E-state index contributed by atoms with van der Waals surface area (Å²) in [5, 5.41) is 1.08. The molecule has 1 saturated heterocycles. The zero-order chi connectivity index (χ0) is 25.0. The highest BCUT2D eigenvalue weighted by atomic mass is 19.1. The van der Waals surface area contributed by atoms with Gasteiger partial charge in [-0.2, -0.15) is 0 Å². The molecule has 182 valence electrons. The van der Waals surface area contributed by atoms with Crippen molar-refractivity contribution in [2.75, 3.05) is 13.1 Å². The Kier molecular flexibility index (Phi) is 5.21. The minimum absolute atomic E-state index is 0.00283. The van der Waals surface area contributed by atoms with Crippen LogP contribution >= 0.6 is 0 Å². The second-order valence-corrected chi connectivity index (χ2v) is 9.97. The summed E-state index contributed by atoms with van der Waals surface area (Å²) in [6.45, 7) is 4.68. The van der Waals surface area contributed by atoms with E-state index in [9.17, 15) is 14.0 Å². The SMILES string of the molecule is CCc1ccc(C2CN3C(=O)CN(Cc4ccc(F)cc4)C(=O)[C@]3(C)c3[nH]c4ccccc4c32)cc1. The Morgan fingerprint density at radius 3 is 2.39 bits per heavy atom. The standard InChI is InChI=1S/C30H28FN3O2/c1-3-19-8-12-21(13-9-19)24-17-34-26(35)18-33(16-20-10-14-22(31)15-11-20)29(36)30(34,2)28-27(24)23-6-4-5-7-25(23)32-28/h4-15,24,32H,3,16-18H2,1-2H3/t24?,30-/m0/s1. The van der Waals surface area contributed by atoms with Crippen LogP contribution in [0.3, 0.4) is 0 Å². The molecule has 5 nitrogen and oxygen atoms in total. The largest absolute Gasteiger partial charge is 0.356 e. The number of aromatic nitrogens is 1. The molecule has 0 spiro atoms. The van der Waals surface area contributed by atoms with Gasteiger partial charge in [-0.15, -0.1) is 0 Å². The van der Waals surface area contributed by atoms with Crippen molar-refractivity contribution in [2.45, 2.75) is 38.3 Å². The maximum Gasteiger partial charge on any atom is 0.255 e. The summed E-state index contributed by atoms with van der Waals surface area (Å²) in [6.07, 6.45) is 0.963. The van der Waals surface area contributed by atoms with Crippen molar-refractivity contribution < 1.29 is 14.0 Å². The summed E-state index contributed by atoms with van der Waals surface area (Å²) < 4.78 is 13.4. The molecular weight excluding hydrogens is 453 g/mol. The molecule has 1 N–H and O–H groups in total. The van der Waals surface area contributed by atoms with Crippen molar-refractivity contribution in [3.05, 3.63) is 107 Å². The van der Waals surface area contributed by atoms with Gasteiger partial charge >= 0.3 is 0 Å². The first kappa shape index (κ1) is 22.5. The highest BCUT2D eigenvalue weighted by molar-refractivity contribution is 6.01. The first-order chi connectivity index (χ1) is 17.4.